The van der Waals surface area contributed by atoms with E-state index in [0.717, 1.165) is 11.0 Å². The highest BCUT2D eigenvalue weighted by molar-refractivity contribution is 9.10. The molecule has 0 aliphatic carbocycles. The van der Waals surface area contributed by atoms with E-state index < -0.39 is 0 Å². The Morgan fingerprint density at radius 3 is 2.95 bits per heavy atom. The first-order chi connectivity index (χ1) is 9.69. The van der Waals surface area contributed by atoms with E-state index in [4.69, 9.17) is 4.74 Å². The van der Waals surface area contributed by atoms with Crippen molar-refractivity contribution < 1.29 is 4.74 Å². The van der Waals surface area contributed by atoms with E-state index in [2.05, 4.69) is 61.5 Å². The largest absolute Gasteiger partial charge is 0.383 e. The van der Waals surface area contributed by atoms with E-state index >= 15 is 0 Å². The molecule has 0 saturated carbocycles. The van der Waals surface area contributed by atoms with Crippen molar-refractivity contribution in [2.45, 2.75) is 30.0 Å². The topological polar surface area (TPSA) is 39.1 Å². The molecule has 1 N–H and O–H groups in total. The summed E-state index contributed by atoms with van der Waals surface area (Å²) in [6.45, 7) is 3.80. The van der Waals surface area contributed by atoms with Gasteiger partial charge < -0.3 is 10.1 Å². The summed E-state index contributed by atoms with van der Waals surface area (Å²) < 4.78 is 8.32. The predicted molar refractivity (Wildman–Crippen MR) is 91.8 cm³/mol. The van der Waals surface area contributed by atoms with Crippen LogP contribution in [-0.4, -0.2) is 52.6 Å². The number of aromatic nitrogens is 2. The minimum atomic E-state index is 0.302. The van der Waals surface area contributed by atoms with Crippen molar-refractivity contribution in [3.8, 4) is 0 Å². The zero-order valence-corrected chi connectivity index (χ0v) is 15.4. The quantitative estimate of drug-likeness (QED) is 0.822. The Hall–Kier alpha value is 0.310. The number of ether oxygens (including phenoxy) is 1. The van der Waals surface area contributed by atoms with Gasteiger partial charge in [0, 0.05) is 29.1 Å². The highest BCUT2D eigenvalue weighted by atomic mass is 79.9. The molecule has 0 aromatic carbocycles. The first-order valence-corrected chi connectivity index (χ1v) is 9.68. The molecule has 3 atom stereocenters. The van der Waals surface area contributed by atoms with Gasteiger partial charge in [-0.1, -0.05) is 6.92 Å². The Bertz CT molecular complexity index is 430. The number of hydrogen-bond donors (Lipinski definition) is 1. The lowest BCUT2D eigenvalue weighted by Crippen LogP contribution is -2.37. The van der Waals surface area contributed by atoms with Gasteiger partial charge in [0.05, 0.1) is 35.6 Å². The molecule has 0 radical (unpaired) electrons. The van der Waals surface area contributed by atoms with Gasteiger partial charge in [0.25, 0.3) is 0 Å². The second kappa shape index (κ2) is 8.08. The molecule has 0 amide bonds. The van der Waals surface area contributed by atoms with Crippen molar-refractivity contribution in [3.63, 3.8) is 0 Å². The normalized spacial score (nSPS) is 24.8. The summed E-state index contributed by atoms with van der Waals surface area (Å²) in [6, 6.07) is 0.302. The molecule has 1 fully saturated rings. The minimum absolute atomic E-state index is 0.302. The van der Waals surface area contributed by atoms with E-state index in [1.165, 1.54) is 17.2 Å². The van der Waals surface area contributed by atoms with Crippen molar-refractivity contribution in [1.29, 1.82) is 0 Å². The maximum absolute atomic E-state index is 5.18. The molecule has 0 spiro atoms. The van der Waals surface area contributed by atoms with Crippen LogP contribution >= 0.6 is 39.5 Å². The van der Waals surface area contributed by atoms with Crippen LogP contribution in [0.25, 0.3) is 0 Å². The van der Waals surface area contributed by atoms with Crippen LogP contribution in [0.15, 0.2) is 10.7 Å². The number of methoxy groups -OCH3 is 1. The maximum Gasteiger partial charge on any atom is 0.0708 e. The van der Waals surface area contributed by atoms with Gasteiger partial charge in [-0.15, -0.1) is 0 Å². The molecule has 1 aromatic heterocycles. The van der Waals surface area contributed by atoms with Crippen molar-refractivity contribution in [2.24, 2.45) is 0 Å². The summed E-state index contributed by atoms with van der Waals surface area (Å²) in [6.07, 6.45) is 1.89. The SMILES string of the molecule is CNC(c1c(Br)cnn1CCOC)C1SCCSC1C. The number of nitrogens with zero attached hydrogens (tertiary/aromatic N) is 2. The van der Waals surface area contributed by atoms with Gasteiger partial charge in [-0.2, -0.15) is 28.6 Å². The zero-order valence-electron chi connectivity index (χ0n) is 12.1. The summed E-state index contributed by atoms with van der Waals surface area (Å²) in [5.41, 5.74) is 1.23. The van der Waals surface area contributed by atoms with Crippen LogP contribution in [0.2, 0.25) is 0 Å². The Labute approximate surface area is 137 Å². The monoisotopic (exact) mass is 379 g/mol. The molecule has 1 saturated heterocycles. The van der Waals surface area contributed by atoms with Gasteiger partial charge >= 0.3 is 0 Å². The smallest absolute Gasteiger partial charge is 0.0708 e. The highest BCUT2D eigenvalue weighted by Gasteiger charge is 2.33. The Morgan fingerprint density at radius 2 is 2.30 bits per heavy atom. The molecule has 0 bridgehead atoms. The minimum Gasteiger partial charge on any atom is -0.383 e. The average Bonchev–Trinajstić information content (AvgIpc) is 2.81. The lowest BCUT2D eigenvalue weighted by Gasteiger charge is -2.34. The van der Waals surface area contributed by atoms with Crippen molar-refractivity contribution in [1.82, 2.24) is 15.1 Å². The molecule has 3 unspecified atom stereocenters. The van der Waals surface area contributed by atoms with Crippen LogP contribution in [0, 0.1) is 0 Å². The van der Waals surface area contributed by atoms with Crippen molar-refractivity contribution >= 4 is 39.5 Å². The third-order valence-electron chi connectivity index (χ3n) is 3.51. The second-order valence-electron chi connectivity index (χ2n) is 4.77. The number of rotatable bonds is 6. The molecule has 2 heterocycles. The van der Waals surface area contributed by atoms with Crippen LogP contribution in [-0.2, 0) is 11.3 Å². The fourth-order valence-electron chi connectivity index (χ4n) is 2.51. The van der Waals surface area contributed by atoms with Gasteiger partial charge in [-0.3, -0.25) is 4.68 Å². The van der Waals surface area contributed by atoms with Gasteiger partial charge in [-0.05, 0) is 23.0 Å². The molecule has 114 valence electrons. The molecule has 4 nitrogen and oxygen atoms in total. The molecule has 1 aliphatic rings. The van der Waals surface area contributed by atoms with Crippen molar-refractivity contribution in [2.75, 3.05) is 32.3 Å². The van der Waals surface area contributed by atoms with E-state index in [1.807, 2.05) is 13.2 Å². The summed E-state index contributed by atoms with van der Waals surface area (Å²) in [7, 11) is 3.76. The maximum atomic E-state index is 5.18. The molecule has 1 aliphatic heterocycles. The van der Waals surface area contributed by atoms with Crippen LogP contribution in [0.5, 0.6) is 0 Å². The summed E-state index contributed by atoms with van der Waals surface area (Å²) >= 11 is 7.79. The number of hydrogen-bond acceptors (Lipinski definition) is 5. The molecular weight excluding hydrogens is 358 g/mol. The third-order valence-corrected chi connectivity index (χ3v) is 7.32. The summed E-state index contributed by atoms with van der Waals surface area (Å²) in [5, 5.41) is 9.18. The van der Waals surface area contributed by atoms with E-state index in [9.17, 15) is 0 Å². The van der Waals surface area contributed by atoms with E-state index in [1.54, 1.807) is 7.11 Å². The third kappa shape index (κ3) is 3.74. The van der Waals surface area contributed by atoms with Gasteiger partial charge in [0.2, 0.25) is 0 Å². The number of nitrogens with one attached hydrogen (secondary N) is 1. The zero-order chi connectivity index (χ0) is 14.5. The van der Waals surface area contributed by atoms with Gasteiger partial charge in [0.15, 0.2) is 0 Å². The average molecular weight is 380 g/mol. The van der Waals surface area contributed by atoms with Crippen LogP contribution < -0.4 is 5.32 Å². The summed E-state index contributed by atoms with van der Waals surface area (Å²) in [4.78, 5) is 0. The van der Waals surface area contributed by atoms with E-state index in [-0.39, 0.29) is 0 Å². The Kier molecular flexibility index (Phi) is 6.74. The Morgan fingerprint density at radius 1 is 1.55 bits per heavy atom. The van der Waals surface area contributed by atoms with Crippen LogP contribution in [0.4, 0.5) is 0 Å². The molecule has 20 heavy (non-hydrogen) atoms. The second-order valence-corrected chi connectivity index (χ2v) is 8.40. The van der Waals surface area contributed by atoms with Gasteiger partial charge in [-0.25, -0.2) is 0 Å². The van der Waals surface area contributed by atoms with E-state index in [0.29, 0.717) is 23.1 Å². The van der Waals surface area contributed by atoms with Gasteiger partial charge in [0.1, 0.15) is 0 Å². The predicted octanol–water partition coefficient (Wildman–Crippen LogP) is 2.79. The molecule has 7 heteroatoms. The van der Waals surface area contributed by atoms with Crippen LogP contribution in [0.1, 0.15) is 18.7 Å². The first-order valence-electron chi connectivity index (χ1n) is 6.79. The van der Waals surface area contributed by atoms with Crippen LogP contribution in [0.3, 0.4) is 0 Å². The number of halogens is 1. The number of thioether (sulfide) groups is 2. The molecule has 2 rings (SSSR count). The highest BCUT2D eigenvalue weighted by Crippen LogP contribution is 2.40. The lowest BCUT2D eigenvalue weighted by atomic mass is 10.1. The first kappa shape index (κ1) is 16.7. The fraction of sp³-hybridized carbons (Fsp3) is 0.769. The van der Waals surface area contributed by atoms with Crippen molar-refractivity contribution in [3.05, 3.63) is 16.4 Å². The molecule has 1 aromatic rings. The standard InChI is InChI=1S/C13H22BrN3OS2/c1-9-13(20-7-6-19-9)11(15-2)12-10(14)8-16-17(12)4-5-18-3/h8-9,11,13,15H,4-7H2,1-3H3. The molecular formula is C13H22BrN3OS2. The lowest BCUT2D eigenvalue weighted by molar-refractivity contribution is 0.181. The summed E-state index contributed by atoms with van der Waals surface area (Å²) in [5.74, 6) is 2.48. The Balaban J connectivity index is 2.23. The fourth-order valence-corrected chi connectivity index (χ4v) is 6.01.